The van der Waals surface area contributed by atoms with Gasteiger partial charge in [0.25, 0.3) is 0 Å². The van der Waals surface area contributed by atoms with Gasteiger partial charge in [-0.15, -0.1) is 0 Å². The molecule has 1 heterocycles. The molecule has 1 aliphatic rings. The fraction of sp³-hybridized carbons (Fsp3) is 0.765. The lowest BCUT2D eigenvalue weighted by atomic mass is 9.96. The summed E-state index contributed by atoms with van der Waals surface area (Å²) in [5, 5.41) is 6.93. The van der Waals surface area contributed by atoms with E-state index in [9.17, 15) is 0 Å². The second-order valence-electron chi connectivity index (χ2n) is 7.17. The van der Waals surface area contributed by atoms with E-state index in [0.29, 0.717) is 6.04 Å². The Hall–Kier alpha value is -1.32. The third-order valence-corrected chi connectivity index (χ3v) is 3.91. The quantitative estimate of drug-likeness (QED) is 0.790. The predicted molar refractivity (Wildman–Crippen MR) is 89.9 cm³/mol. The zero-order valence-corrected chi connectivity index (χ0v) is 14.2. The number of anilines is 2. The van der Waals surface area contributed by atoms with E-state index in [2.05, 4.69) is 50.2 Å². The highest BCUT2D eigenvalue weighted by atomic mass is 15.1. The van der Waals surface area contributed by atoms with Crippen LogP contribution in [-0.2, 0) is 5.41 Å². The molecular weight excluding hydrogens is 260 g/mol. The Morgan fingerprint density at radius 1 is 1.19 bits per heavy atom. The molecular formula is C17H30N4. The maximum Gasteiger partial charge on any atom is 0.138 e. The van der Waals surface area contributed by atoms with Crippen molar-refractivity contribution in [3.05, 3.63) is 11.9 Å². The highest BCUT2D eigenvalue weighted by Gasteiger charge is 2.25. The monoisotopic (exact) mass is 290 g/mol. The summed E-state index contributed by atoms with van der Waals surface area (Å²) in [6.45, 7) is 11.7. The largest absolute Gasteiger partial charge is 0.370 e. The van der Waals surface area contributed by atoms with Crippen molar-refractivity contribution in [1.82, 2.24) is 9.97 Å². The summed E-state index contributed by atoms with van der Waals surface area (Å²) in [4.78, 5) is 9.38. The van der Waals surface area contributed by atoms with Gasteiger partial charge in [-0.2, -0.15) is 0 Å². The average Bonchev–Trinajstić information content (AvgIpc) is 3.21. The highest BCUT2D eigenvalue weighted by Crippen LogP contribution is 2.35. The van der Waals surface area contributed by atoms with Crippen LogP contribution in [0, 0.1) is 5.92 Å². The van der Waals surface area contributed by atoms with Crippen molar-refractivity contribution >= 4 is 11.6 Å². The summed E-state index contributed by atoms with van der Waals surface area (Å²) in [5.74, 6) is 3.70. The van der Waals surface area contributed by atoms with Crippen molar-refractivity contribution < 1.29 is 0 Å². The molecule has 4 heteroatoms. The molecule has 1 unspecified atom stereocenters. The molecule has 1 aromatic rings. The lowest BCUT2D eigenvalue weighted by Gasteiger charge is -2.22. The molecule has 0 amide bonds. The number of hydrogen-bond acceptors (Lipinski definition) is 4. The Morgan fingerprint density at radius 2 is 1.86 bits per heavy atom. The molecule has 0 aromatic carbocycles. The summed E-state index contributed by atoms with van der Waals surface area (Å²) in [6.07, 6.45) is 5.21. The van der Waals surface area contributed by atoms with Crippen LogP contribution in [0.15, 0.2) is 6.07 Å². The molecule has 0 spiro atoms. The molecule has 2 rings (SSSR count). The maximum absolute atomic E-state index is 4.74. The van der Waals surface area contributed by atoms with Gasteiger partial charge in [-0.05, 0) is 25.7 Å². The Bertz CT molecular complexity index is 460. The molecule has 0 aliphatic heterocycles. The molecule has 4 nitrogen and oxygen atoms in total. The van der Waals surface area contributed by atoms with E-state index < -0.39 is 0 Å². The van der Waals surface area contributed by atoms with Gasteiger partial charge in [-0.1, -0.05) is 40.5 Å². The van der Waals surface area contributed by atoms with Crippen LogP contribution in [0.2, 0.25) is 0 Å². The standard InChI is InChI=1S/C17H30N4/c1-6-13(10-12-8-9-12)19-15-11-14(18-7-2)20-16(21-15)17(3,4)5/h11-13H,6-10H2,1-5H3,(H2,18,19,20,21). The number of rotatable bonds is 7. The van der Waals surface area contributed by atoms with Crippen LogP contribution >= 0.6 is 0 Å². The van der Waals surface area contributed by atoms with E-state index in [0.717, 1.165) is 36.3 Å². The van der Waals surface area contributed by atoms with Crippen molar-refractivity contribution in [3.63, 3.8) is 0 Å². The third-order valence-electron chi connectivity index (χ3n) is 3.91. The van der Waals surface area contributed by atoms with Crippen LogP contribution in [-0.4, -0.2) is 22.6 Å². The van der Waals surface area contributed by atoms with Crippen LogP contribution in [0.3, 0.4) is 0 Å². The van der Waals surface area contributed by atoms with Gasteiger partial charge in [-0.25, -0.2) is 9.97 Å². The molecule has 0 saturated heterocycles. The van der Waals surface area contributed by atoms with Crippen molar-refractivity contribution in [3.8, 4) is 0 Å². The zero-order chi connectivity index (χ0) is 15.5. The van der Waals surface area contributed by atoms with Gasteiger partial charge in [0.15, 0.2) is 0 Å². The average molecular weight is 290 g/mol. The van der Waals surface area contributed by atoms with Gasteiger partial charge in [0.05, 0.1) is 0 Å². The smallest absolute Gasteiger partial charge is 0.138 e. The van der Waals surface area contributed by atoms with E-state index in [1.807, 2.05) is 6.07 Å². The third kappa shape index (κ3) is 4.87. The van der Waals surface area contributed by atoms with E-state index in [1.54, 1.807) is 0 Å². The van der Waals surface area contributed by atoms with E-state index >= 15 is 0 Å². The zero-order valence-electron chi connectivity index (χ0n) is 14.2. The minimum Gasteiger partial charge on any atom is -0.370 e. The molecule has 1 saturated carbocycles. The Kier molecular flexibility index (Phi) is 5.07. The highest BCUT2D eigenvalue weighted by molar-refractivity contribution is 5.48. The van der Waals surface area contributed by atoms with Crippen LogP contribution in [0.1, 0.15) is 66.1 Å². The summed E-state index contributed by atoms with van der Waals surface area (Å²) in [7, 11) is 0. The molecule has 0 bridgehead atoms. The normalized spacial score (nSPS) is 16.6. The fourth-order valence-corrected chi connectivity index (χ4v) is 2.42. The number of nitrogens with one attached hydrogen (secondary N) is 2. The van der Waals surface area contributed by atoms with Gasteiger partial charge >= 0.3 is 0 Å². The van der Waals surface area contributed by atoms with Crippen molar-refractivity contribution in [1.29, 1.82) is 0 Å². The summed E-state index contributed by atoms with van der Waals surface area (Å²) in [6, 6.07) is 2.56. The lowest BCUT2D eigenvalue weighted by Crippen LogP contribution is -2.23. The van der Waals surface area contributed by atoms with Gasteiger partial charge in [-0.3, -0.25) is 0 Å². The maximum atomic E-state index is 4.74. The topological polar surface area (TPSA) is 49.8 Å². The van der Waals surface area contributed by atoms with Gasteiger partial charge in [0, 0.05) is 24.1 Å². The first-order valence-electron chi connectivity index (χ1n) is 8.32. The summed E-state index contributed by atoms with van der Waals surface area (Å²) >= 11 is 0. The number of hydrogen-bond donors (Lipinski definition) is 2. The van der Waals surface area contributed by atoms with Crippen molar-refractivity contribution in [2.24, 2.45) is 5.92 Å². The molecule has 2 N–H and O–H groups in total. The first-order valence-corrected chi connectivity index (χ1v) is 8.32. The van der Waals surface area contributed by atoms with Crippen LogP contribution in [0.25, 0.3) is 0 Å². The van der Waals surface area contributed by atoms with E-state index in [-0.39, 0.29) is 5.41 Å². The minimum atomic E-state index is -0.0416. The second-order valence-corrected chi connectivity index (χ2v) is 7.17. The Morgan fingerprint density at radius 3 is 2.38 bits per heavy atom. The van der Waals surface area contributed by atoms with Crippen LogP contribution in [0.5, 0.6) is 0 Å². The van der Waals surface area contributed by atoms with E-state index in [1.165, 1.54) is 19.3 Å². The molecule has 1 aliphatic carbocycles. The minimum absolute atomic E-state index is 0.0416. The van der Waals surface area contributed by atoms with Crippen LogP contribution < -0.4 is 10.6 Å². The fourth-order valence-electron chi connectivity index (χ4n) is 2.42. The molecule has 118 valence electrons. The predicted octanol–water partition coefficient (Wildman–Crippen LogP) is 4.20. The number of nitrogens with zero attached hydrogens (tertiary/aromatic N) is 2. The summed E-state index contributed by atoms with van der Waals surface area (Å²) < 4.78 is 0. The molecule has 0 radical (unpaired) electrons. The molecule has 21 heavy (non-hydrogen) atoms. The second kappa shape index (κ2) is 6.63. The summed E-state index contributed by atoms with van der Waals surface area (Å²) in [5.41, 5.74) is -0.0416. The Labute approximate surface area is 129 Å². The Balaban J connectivity index is 2.17. The molecule has 1 atom stereocenters. The van der Waals surface area contributed by atoms with Gasteiger partial charge < -0.3 is 10.6 Å². The van der Waals surface area contributed by atoms with Gasteiger partial charge in [0.1, 0.15) is 17.5 Å². The first kappa shape index (κ1) is 16.1. The van der Waals surface area contributed by atoms with Crippen molar-refractivity contribution in [2.75, 3.05) is 17.2 Å². The van der Waals surface area contributed by atoms with Crippen LogP contribution in [0.4, 0.5) is 11.6 Å². The first-order chi connectivity index (χ1) is 9.92. The lowest BCUT2D eigenvalue weighted by molar-refractivity contribution is 0.543. The number of aromatic nitrogens is 2. The SMILES string of the molecule is CCNc1cc(NC(CC)CC2CC2)nc(C(C)(C)C)n1. The molecule has 1 fully saturated rings. The van der Waals surface area contributed by atoms with Gasteiger partial charge in [0.2, 0.25) is 0 Å². The van der Waals surface area contributed by atoms with Crippen molar-refractivity contribution in [2.45, 2.75) is 71.8 Å². The molecule has 1 aromatic heterocycles. The van der Waals surface area contributed by atoms with E-state index in [4.69, 9.17) is 4.98 Å².